The first-order chi connectivity index (χ1) is 13.7. The molecule has 0 saturated carbocycles. The molecule has 3 rings (SSSR count). The molecule has 9 heteroatoms. The summed E-state index contributed by atoms with van der Waals surface area (Å²) in [4.78, 5) is 29.5. The van der Waals surface area contributed by atoms with E-state index in [1.165, 1.54) is 24.2 Å². The Morgan fingerprint density at radius 2 is 1.97 bits per heavy atom. The Balaban J connectivity index is 1.75. The van der Waals surface area contributed by atoms with Crippen molar-refractivity contribution in [2.24, 2.45) is 0 Å². The molecule has 0 atom stereocenters. The van der Waals surface area contributed by atoms with Crippen molar-refractivity contribution in [2.75, 3.05) is 19.5 Å². The van der Waals surface area contributed by atoms with E-state index in [9.17, 15) is 9.59 Å². The van der Waals surface area contributed by atoms with Crippen LogP contribution in [0.5, 0.6) is 11.5 Å². The average molecular weight is 399 g/mol. The molecule has 0 radical (unpaired) electrons. The molecule has 1 aromatic carbocycles. The number of rotatable bonds is 6. The van der Waals surface area contributed by atoms with Crippen LogP contribution in [-0.4, -0.2) is 39.5 Å². The van der Waals surface area contributed by atoms with E-state index in [-0.39, 0.29) is 30.0 Å². The average Bonchev–Trinajstić information content (AvgIpc) is 3.13. The third-order valence-corrected chi connectivity index (χ3v) is 4.45. The lowest BCUT2D eigenvalue weighted by atomic mass is 10.1. The molecule has 1 amide bonds. The van der Waals surface area contributed by atoms with Gasteiger partial charge in [-0.25, -0.2) is 9.67 Å². The summed E-state index contributed by atoms with van der Waals surface area (Å²) < 4.78 is 13.6. The van der Waals surface area contributed by atoms with Crippen LogP contribution in [0.15, 0.2) is 35.5 Å². The number of hydrogen-bond acceptors (Lipinski definition) is 6. The van der Waals surface area contributed by atoms with Crippen LogP contribution in [0.1, 0.15) is 27.2 Å². The Bertz CT molecular complexity index is 1090. The summed E-state index contributed by atoms with van der Waals surface area (Å²) in [5, 5.41) is 7.51. The molecule has 2 aromatic heterocycles. The summed E-state index contributed by atoms with van der Waals surface area (Å²) >= 11 is 0. The lowest BCUT2D eigenvalue weighted by Gasteiger charge is -2.19. The van der Waals surface area contributed by atoms with Gasteiger partial charge >= 0.3 is 0 Å². The summed E-state index contributed by atoms with van der Waals surface area (Å²) in [5.74, 6) is 0.866. The van der Waals surface area contributed by atoms with Crippen molar-refractivity contribution in [3.05, 3.63) is 41.1 Å². The lowest BCUT2D eigenvalue weighted by Crippen LogP contribution is -2.26. The molecule has 0 bridgehead atoms. The molecule has 1 N–H and O–H groups in total. The Morgan fingerprint density at radius 1 is 1.21 bits per heavy atom. The van der Waals surface area contributed by atoms with Gasteiger partial charge < -0.3 is 14.8 Å². The maximum Gasteiger partial charge on any atom is 0.264 e. The van der Waals surface area contributed by atoms with Gasteiger partial charge in [0.05, 0.1) is 38.0 Å². The van der Waals surface area contributed by atoms with Crippen LogP contribution in [0, 0.1) is 0 Å². The first-order valence-corrected chi connectivity index (χ1v) is 9.20. The molecule has 0 unspecified atom stereocenters. The van der Waals surface area contributed by atoms with Crippen LogP contribution in [0.2, 0.25) is 0 Å². The molecule has 2 heterocycles. The van der Waals surface area contributed by atoms with Crippen LogP contribution in [-0.2, 0) is 16.9 Å². The van der Waals surface area contributed by atoms with Crippen LogP contribution in [0.4, 0.5) is 5.69 Å². The van der Waals surface area contributed by atoms with Gasteiger partial charge in [0.25, 0.3) is 5.56 Å². The number of benzene rings is 1. The van der Waals surface area contributed by atoms with E-state index >= 15 is 0 Å². The summed E-state index contributed by atoms with van der Waals surface area (Å²) in [5.41, 5.74) is 0.522. The van der Waals surface area contributed by atoms with Gasteiger partial charge in [0.2, 0.25) is 5.91 Å². The number of carbonyl (C=O) groups is 1. The fourth-order valence-electron chi connectivity index (χ4n) is 2.95. The van der Waals surface area contributed by atoms with E-state index in [1.54, 1.807) is 30.0 Å². The number of aryl methyl sites for hydroxylation is 1. The number of anilines is 1. The molecule has 3 aromatic rings. The highest BCUT2D eigenvalue weighted by atomic mass is 16.5. The molecule has 0 aliphatic heterocycles. The van der Waals surface area contributed by atoms with Crippen molar-refractivity contribution in [2.45, 2.75) is 39.3 Å². The van der Waals surface area contributed by atoms with Gasteiger partial charge in [-0.3, -0.25) is 14.2 Å². The Hall–Kier alpha value is -3.36. The van der Waals surface area contributed by atoms with Gasteiger partial charge in [0.15, 0.2) is 5.65 Å². The second-order valence-corrected chi connectivity index (χ2v) is 7.57. The van der Waals surface area contributed by atoms with E-state index in [0.29, 0.717) is 28.2 Å². The molecule has 9 nitrogen and oxygen atoms in total. The molecule has 29 heavy (non-hydrogen) atoms. The normalized spacial score (nSPS) is 11.5. The summed E-state index contributed by atoms with van der Waals surface area (Å²) in [6.45, 7) is 6.16. The monoisotopic (exact) mass is 399 g/mol. The third-order valence-electron chi connectivity index (χ3n) is 4.45. The van der Waals surface area contributed by atoms with Crippen molar-refractivity contribution in [1.82, 2.24) is 19.3 Å². The Kier molecular flexibility index (Phi) is 5.58. The lowest BCUT2D eigenvalue weighted by molar-refractivity contribution is -0.116. The minimum absolute atomic E-state index is 0.0981. The first kappa shape index (κ1) is 20.4. The number of methoxy groups -OCH3 is 2. The van der Waals surface area contributed by atoms with E-state index in [2.05, 4.69) is 15.4 Å². The zero-order valence-corrected chi connectivity index (χ0v) is 17.2. The number of aromatic nitrogens is 4. The highest BCUT2D eigenvalue weighted by molar-refractivity contribution is 5.92. The fourth-order valence-corrected chi connectivity index (χ4v) is 2.95. The van der Waals surface area contributed by atoms with Crippen LogP contribution >= 0.6 is 0 Å². The minimum atomic E-state index is -0.289. The second-order valence-electron chi connectivity index (χ2n) is 7.57. The molecule has 154 valence electrons. The highest BCUT2D eigenvalue weighted by Gasteiger charge is 2.20. The van der Waals surface area contributed by atoms with Gasteiger partial charge in [-0.1, -0.05) is 0 Å². The van der Waals surface area contributed by atoms with E-state index in [0.717, 1.165) is 0 Å². The molecule has 0 aliphatic rings. The van der Waals surface area contributed by atoms with Crippen molar-refractivity contribution < 1.29 is 14.3 Å². The van der Waals surface area contributed by atoms with Crippen LogP contribution in [0.25, 0.3) is 11.0 Å². The predicted octanol–water partition coefficient (Wildman–Crippen LogP) is 2.39. The molecular weight excluding hydrogens is 374 g/mol. The topological polar surface area (TPSA) is 100 Å². The number of nitrogens with one attached hydrogen (secondary N) is 1. The van der Waals surface area contributed by atoms with Gasteiger partial charge in [0.1, 0.15) is 16.9 Å². The summed E-state index contributed by atoms with van der Waals surface area (Å²) in [7, 11) is 3.07. The number of ether oxygens (including phenoxy) is 2. The van der Waals surface area contributed by atoms with E-state index in [1.807, 2.05) is 20.8 Å². The Morgan fingerprint density at radius 3 is 2.62 bits per heavy atom. The predicted molar refractivity (Wildman–Crippen MR) is 110 cm³/mol. The van der Waals surface area contributed by atoms with E-state index < -0.39 is 0 Å². The van der Waals surface area contributed by atoms with Crippen molar-refractivity contribution in [3.63, 3.8) is 0 Å². The zero-order valence-electron chi connectivity index (χ0n) is 17.2. The molecule has 0 saturated heterocycles. The largest absolute Gasteiger partial charge is 0.497 e. The SMILES string of the molecule is COc1ccc(OC)c(NC(=O)CCn2cnc3c(cnn3C(C)(C)C)c2=O)c1. The van der Waals surface area contributed by atoms with Gasteiger partial charge in [-0.2, -0.15) is 5.10 Å². The van der Waals surface area contributed by atoms with Crippen LogP contribution in [0.3, 0.4) is 0 Å². The zero-order chi connectivity index (χ0) is 21.2. The molecule has 0 spiro atoms. The van der Waals surface area contributed by atoms with E-state index in [4.69, 9.17) is 9.47 Å². The standard InChI is InChI=1S/C20H25N5O4/c1-20(2,3)25-18-14(11-22-25)19(27)24(12-21-18)9-8-17(26)23-15-10-13(28-4)6-7-16(15)29-5/h6-7,10-12H,8-9H2,1-5H3,(H,23,26). The van der Waals surface area contributed by atoms with Crippen molar-refractivity contribution in [1.29, 1.82) is 0 Å². The molecular formula is C20H25N5O4. The minimum Gasteiger partial charge on any atom is -0.497 e. The number of carbonyl (C=O) groups excluding carboxylic acids is 1. The maximum absolute atomic E-state index is 12.7. The fraction of sp³-hybridized carbons (Fsp3) is 0.400. The summed E-state index contributed by atoms with van der Waals surface area (Å²) in [6, 6.07) is 5.13. The van der Waals surface area contributed by atoms with Crippen LogP contribution < -0.4 is 20.3 Å². The number of amides is 1. The third kappa shape index (κ3) is 4.23. The first-order valence-electron chi connectivity index (χ1n) is 9.20. The number of hydrogen-bond donors (Lipinski definition) is 1. The van der Waals surface area contributed by atoms with Gasteiger partial charge in [-0.05, 0) is 32.9 Å². The Labute approximate surface area is 168 Å². The number of fused-ring (bicyclic) bond motifs is 1. The molecule has 0 fully saturated rings. The maximum atomic E-state index is 12.7. The van der Waals surface area contributed by atoms with Crippen molar-refractivity contribution >= 4 is 22.6 Å². The van der Waals surface area contributed by atoms with Crippen molar-refractivity contribution in [3.8, 4) is 11.5 Å². The van der Waals surface area contributed by atoms with Gasteiger partial charge in [-0.15, -0.1) is 0 Å². The number of nitrogens with zero attached hydrogens (tertiary/aromatic N) is 4. The summed E-state index contributed by atoms with van der Waals surface area (Å²) in [6.07, 6.45) is 3.07. The second kappa shape index (κ2) is 7.94. The molecule has 0 aliphatic carbocycles. The van der Waals surface area contributed by atoms with Gasteiger partial charge in [0, 0.05) is 19.0 Å². The highest BCUT2D eigenvalue weighted by Crippen LogP contribution is 2.29. The smallest absolute Gasteiger partial charge is 0.264 e. The quantitative estimate of drug-likeness (QED) is 0.683.